The molecule has 3 nitrogen and oxygen atoms in total. The Morgan fingerprint density at radius 3 is 2.71 bits per heavy atom. The molecule has 1 aliphatic heterocycles. The van der Waals surface area contributed by atoms with Crippen LogP contribution in [-0.2, 0) is 9.47 Å². The highest BCUT2D eigenvalue weighted by Gasteiger charge is 2.44. The van der Waals surface area contributed by atoms with Gasteiger partial charge in [0.15, 0.2) is 5.79 Å². The Hall–Kier alpha value is -0.120. The number of ether oxygens (including phenoxy) is 2. The largest absolute Gasteiger partial charge is 0.347 e. The molecule has 3 heteroatoms. The Morgan fingerprint density at radius 1 is 1.36 bits per heavy atom. The van der Waals surface area contributed by atoms with E-state index in [1.54, 1.807) is 0 Å². The van der Waals surface area contributed by atoms with Crippen LogP contribution in [0.3, 0.4) is 0 Å². The summed E-state index contributed by atoms with van der Waals surface area (Å²) in [6.45, 7) is 3.51. The molecule has 2 unspecified atom stereocenters. The van der Waals surface area contributed by atoms with E-state index in [0.717, 1.165) is 13.0 Å². The summed E-state index contributed by atoms with van der Waals surface area (Å²) in [6, 6.07) is 0. The van der Waals surface area contributed by atoms with Gasteiger partial charge < -0.3 is 15.2 Å². The van der Waals surface area contributed by atoms with Crippen molar-refractivity contribution in [3.8, 4) is 0 Å². The van der Waals surface area contributed by atoms with E-state index in [4.69, 9.17) is 15.2 Å². The van der Waals surface area contributed by atoms with Crippen LogP contribution in [0, 0.1) is 5.92 Å². The lowest BCUT2D eigenvalue weighted by Gasteiger charge is -2.29. The minimum absolute atomic E-state index is 0.227. The van der Waals surface area contributed by atoms with E-state index in [1.807, 2.05) is 0 Å². The second-order valence-corrected chi connectivity index (χ2v) is 4.63. The lowest BCUT2D eigenvalue weighted by molar-refractivity contribution is -0.190. The van der Waals surface area contributed by atoms with Gasteiger partial charge in [-0.25, -0.2) is 0 Å². The van der Waals surface area contributed by atoms with Crippen molar-refractivity contribution in [3.63, 3.8) is 0 Å². The zero-order valence-electron chi connectivity index (χ0n) is 9.00. The molecule has 1 saturated carbocycles. The van der Waals surface area contributed by atoms with E-state index in [-0.39, 0.29) is 11.9 Å². The summed E-state index contributed by atoms with van der Waals surface area (Å²) in [5.41, 5.74) is 5.51. The maximum absolute atomic E-state index is 5.97. The highest BCUT2D eigenvalue weighted by molar-refractivity contribution is 4.85. The van der Waals surface area contributed by atoms with Gasteiger partial charge in [-0.15, -0.1) is 0 Å². The molecule has 82 valence electrons. The van der Waals surface area contributed by atoms with Crippen LogP contribution >= 0.6 is 0 Å². The van der Waals surface area contributed by atoms with Gasteiger partial charge >= 0.3 is 0 Å². The Balaban J connectivity index is 1.90. The minimum Gasteiger partial charge on any atom is -0.347 e. The first-order chi connectivity index (χ1) is 6.74. The predicted octanol–water partition coefficient (Wildman–Crippen LogP) is 1.66. The Morgan fingerprint density at radius 2 is 2.07 bits per heavy atom. The van der Waals surface area contributed by atoms with E-state index in [0.29, 0.717) is 12.5 Å². The molecule has 0 spiro atoms. The Bertz CT molecular complexity index is 192. The molecule has 0 aromatic carbocycles. The smallest absolute Gasteiger partial charge is 0.168 e. The molecule has 1 heterocycles. The van der Waals surface area contributed by atoms with Gasteiger partial charge in [0.1, 0.15) is 0 Å². The summed E-state index contributed by atoms with van der Waals surface area (Å²) in [5.74, 6) is 0.293. The van der Waals surface area contributed by atoms with Crippen LogP contribution in [0.2, 0.25) is 0 Å². The average Bonchev–Trinajstić information content (AvgIpc) is 2.75. The molecule has 2 N–H and O–H groups in total. The molecule has 1 saturated heterocycles. The lowest BCUT2D eigenvalue weighted by Crippen LogP contribution is -2.35. The molecule has 0 amide bonds. The molecule has 0 bridgehead atoms. The van der Waals surface area contributed by atoms with Gasteiger partial charge in [0.2, 0.25) is 0 Å². The van der Waals surface area contributed by atoms with Crippen molar-refractivity contribution < 1.29 is 9.47 Å². The summed E-state index contributed by atoms with van der Waals surface area (Å²) < 4.78 is 11.8. The van der Waals surface area contributed by atoms with Gasteiger partial charge in [0, 0.05) is 5.92 Å². The summed E-state index contributed by atoms with van der Waals surface area (Å²) in [4.78, 5) is 0. The average molecular weight is 199 g/mol. The zero-order chi connectivity index (χ0) is 10.0. The maximum atomic E-state index is 5.97. The van der Waals surface area contributed by atoms with E-state index in [2.05, 4.69) is 6.92 Å². The molecular weight excluding hydrogens is 178 g/mol. The van der Waals surface area contributed by atoms with Gasteiger partial charge in [-0.2, -0.15) is 0 Å². The number of nitrogens with two attached hydrogens (primary N) is 1. The van der Waals surface area contributed by atoms with Crippen LogP contribution in [0.4, 0.5) is 0 Å². The molecule has 14 heavy (non-hydrogen) atoms. The highest BCUT2D eigenvalue weighted by Crippen LogP contribution is 2.40. The van der Waals surface area contributed by atoms with Crippen LogP contribution < -0.4 is 5.73 Å². The third kappa shape index (κ3) is 1.95. The van der Waals surface area contributed by atoms with Crippen molar-refractivity contribution in [3.05, 3.63) is 0 Å². The molecule has 2 aliphatic rings. The first kappa shape index (κ1) is 10.4. The van der Waals surface area contributed by atoms with Crippen LogP contribution in [0.25, 0.3) is 0 Å². The molecule has 0 aromatic rings. The topological polar surface area (TPSA) is 44.5 Å². The van der Waals surface area contributed by atoms with Crippen LogP contribution in [0.15, 0.2) is 0 Å². The van der Waals surface area contributed by atoms with Crippen LogP contribution in [0.1, 0.15) is 39.0 Å². The second-order valence-electron chi connectivity index (χ2n) is 4.63. The predicted molar refractivity (Wildman–Crippen MR) is 54.9 cm³/mol. The maximum Gasteiger partial charge on any atom is 0.168 e. The fraction of sp³-hybridized carbons (Fsp3) is 1.00. The molecule has 2 rings (SSSR count). The molecule has 2 atom stereocenters. The zero-order valence-corrected chi connectivity index (χ0v) is 9.00. The monoisotopic (exact) mass is 199 g/mol. The minimum atomic E-state index is -0.309. The van der Waals surface area contributed by atoms with Crippen molar-refractivity contribution >= 4 is 0 Å². The summed E-state index contributed by atoms with van der Waals surface area (Å²) in [6.07, 6.45) is 6.31. The third-order valence-electron chi connectivity index (χ3n) is 3.54. The van der Waals surface area contributed by atoms with Crippen LogP contribution in [0.5, 0.6) is 0 Å². The molecular formula is C11H21NO2. The highest BCUT2D eigenvalue weighted by atomic mass is 16.7. The summed E-state index contributed by atoms with van der Waals surface area (Å²) in [5, 5.41) is 0. The van der Waals surface area contributed by atoms with Crippen molar-refractivity contribution in [2.75, 3.05) is 13.2 Å². The molecule has 0 radical (unpaired) electrons. The Labute approximate surface area is 85.9 Å². The van der Waals surface area contributed by atoms with E-state index >= 15 is 0 Å². The normalized spacial score (nSPS) is 39.4. The third-order valence-corrected chi connectivity index (χ3v) is 3.54. The quantitative estimate of drug-likeness (QED) is 0.751. The van der Waals surface area contributed by atoms with Crippen molar-refractivity contribution in [2.45, 2.75) is 50.9 Å². The number of hydrogen-bond acceptors (Lipinski definition) is 3. The summed E-state index contributed by atoms with van der Waals surface area (Å²) in [7, 11) is 0. The van der Waals surface area contributed by atoms with Crippen molar-refractivity contribution in [1.29, 1.82) is 0 Å². The van der Waals surface area contributed by atoms with E-state index < -0.39 is 0 Å². The van der Waals surface area contributed by atoms with Gasteiger partial charge in [0.25, 0.3) is 0 Å². The molecule has 0 aromatic heterocycles. The lowest BCUT2D eigenvalue weighted by atomic mass is 9.98. The van der Waals surface area contributed by atoms with Gasteiger partial charge in [-0.05, 0) is 32.7 Å². The fourth-order valence-electron chi connectivity index (χ4n) is 2.65. The van der Waals surface area contributed by atoms with Crippen molar-refractivity contribution in [1.82, 2.24) is 0 Å². The van der Waals surface area contributed by atoms with Crippen LogP contribution in [-0.4, -0.2) is 25.0 Å². The van der Waals surface area contributed by atoms with Gasteiger partial charge in [-0.1, -0.05) is 12.8 Å². The summed E-state index contributed by atoms with van der Waals surface area (Å²) >= 11 is 0. The number of rotatable bonds is 3. The first-order valence-electron chi connectivity index (χ1n) is 5.76. The van der Waals surface area contributed by atoms with Gasteiger partial charge in [-0.3, -0.25) is 0 Å². The Kier molecular flexibility index (Phi) is 3.10. The first-order valence-corrected chi connectivity index (χ1v) is 5.76. The van der Waals surface area contributed by atoms with Gasteiger partial charge in [0.05, 0.1) is 12.7 Å². The standard InChI is InChI=1S/C11H21NO2/c1-11(9-4-2-3-5-9)13-8-10(14-11)6-7-12/h9-10H,2-8,12H2,1H3. The second kappa shape index (κ2) is 4.17. The number of hydrogen-bond donors (Lipinski definition) is 1. The fourth-order valence-corrected chi connectivity index (χ4v) is 2.65. The molecule has 1 aliphatic carbocycles. The van der Waals surface area contributed by atoms with E-state index in [9.17, 15) is 0 Å². The van der Waals surface area contributed by atoms with Crippen molar-refractivity contribution in [2.24, 2.45) is 11.7 Å². The van der Waals surface area contributed by atoms with E-state index in [1.165, 1.54) is 25.7 Å². The molecule has 2 fully saturated rings. The SMILES string of the molecule is CC1(C2CCCC2)OCC(CCN)O1.